The van der Waals surface area contributed by atoms with Gasteiger partial charge in [-0.25, -0.2) is 0 Å². The van der Waals surface area contributed by atoms with Crippen molar-refractivity contribution in [3.05, 3.63) is 28.8 Å². The Morgan fingerprint density at radius 3 is 2.88 bits per heavy atom. The van der Waals surface area contributed by atoms with Gasteiger partial charge >= 0.3 is 0 Å². The van der Waals surface area contributed by atoms with Crippen LogP contribution in [0.2, 0.25) is 5.02 Å². The summed E-state index contributed by atoms with van der Waals surface area (Å²) in [5.74, 6) is 1.23. The van der Waals surface area contributed by atoms with Gasteiger partial charge in [-0.2, -0.15) is 0 Å². The van der Waals surface area contributed by atoms with Crippen molar-refractivity contribution in [1.29, 1.82) is 0 Å². The zero-order valence-corrected chi connectivity index (χ0v) is 11.0. The Bertz CT molecular complexity index is 378. The Hall–Kier alpha value is -0.770. The second-order valence-corrected chi connectivity index (χ2v) is 4.69. The molecule has 0 amide bonds. The molecule has 1 aliphatic heterocycles. The normalized spacial score (nSPS) is 21.5. The maximum atomic E-state index is 6.15. The maximum absolute atomic E-state index is 6.15. The third-order valence-electron chi connectivity index (χ3n) is 3.28. The summed E-state index contributed by atoms with van der Waals surface area (Å²) in [4.78, 5) is 0. The number of rotatable bonds is 4. The lowest BCUT2D eigenvalue weighted by molar-refractivity contribution is 0.178. The average Bonchev–Trinajstić information content (AvgIpc) is 2.84. The van der Waals surface area contributed by atoms with Crippen LogP contribution in [0.25, 0.3) is 0 Å². The lowest BCUT2D eigenvalue weighted by atomic mass is 9.92. The highest BCUT2D eigenvalue weighted by Crippen LogP contribution is 2.33. The molecule has 1 heterocycles. The Balaban J connectivity index is 2.21. The van der Waals surface area contributed by atoms with E-state index in [9.17, 15) is 0 Å². The van der Waals surface area contributed by atoms with E-state index in [1.165, 1.54) is 5.56 Å². The van der Waals surface area contributed by atoms with Crippen molar-refractivity contribution in [3.8, 4) is 5.75 Å². The monoisotopic (exact) mass is 255 g/mol. The molecule has 94 valence electrons. The van der Waals surface area contributed by atoms with E-state index >= 15 is 0 Å². The molecule has 1 fully saturated rings. The highest BCUT2D eigenvalue weighted by molar-refractivity contribution is 6.32. The summed E-state index contributed by atoms with van der Waals surface area (Å²) in [6.45, 7) is 1.67. The van der Waals surface area contributed by atoms with Gasteiger partial charge in [0.15, 0.2) is 0 Å². The minimum Gasteiger partial charge on any atom is -0.495 e. The molecule has 0 aromatic heterocycles. The molecule has 1 aromatic rings. The fourth-order valence-corrected chi connectivity index (χ4v) is 2.63. The van der Waals surface area contributed by atoms with Crippen LogP contribution < -0.4 is 10.1 Å². The van der Waals surface area contributed by atoms with Crippen molar-refractivity contribution in [2.24, 2.45) is 5.92 Å². The van der Waals surface area contributed by atoms with Crippen LogP contribution in [0.4, 0.5) is 0 Å². The molecule has 0 aliphatic carbocycles. The Morgan fingerprint density at radius 1 is 1.53 bits per heavy atom. The molecule has 17 heavy (non-hydrogen) atoms. The van der Waals surface area contributed by atoms with Crippen molar-refractivity contribution >= 4 is 11.6 Å². The van der Waals surface area contributed by atoms with Crippen molar-refractivity contribution in [1.82, 2.24) is 5.32 Å². The molecule has 1 aromatic carbocycles. The Labute approximate surface area is 107 Å². The highest BCUT2D eigenvalue weighted by Gasteiger charge is 2.26. The fraction of sp³-hybridized carbons (Fsp3) is 0.538. The van der Waals surface area contributed by atoms with Crippen molar-refractivity contribution in [2.75, 3.05) is 27.4 Å². The third kappa shape index (κ3) is 2.73. The first-order valence-electron chi connectivity index (χ1n) is 5.84. The number of methoxy groups -OCH3 is 1. The highest BCUT2D eigenvalue weighted by atomic mass is 35.5. The van der Waals surface area contributed by atoms with Crippen LogP contribution >= 0.6 is 11.6 Å². The molecule has 0 saturated carbocycles. The molecule has 2 rings (SSSR count). The molecule has 2 atom stereocenters. The smallest absolute Gasteiger partial charge is 0.137 e. The second-order valence-electron chi connectivity index (χ2n) is 4.28. The van der Waals surface area contributed by atoms with Gasteiger partial charge in [-0.1, -0.05) is 17.7 Å². The van der Waals surface area contributed by atoms with Crippen molar-refractivity contribution in [3.63, 3.8) is 0 Å². The molecular weight excluding hydrogens is 238 g/mol. The zero-order valence-electron chi connectivity index (χ0n) is 10.2. The van der Waals surface area contributed by atoms with Crippen molar-refractivity contribution < 1.29 is 9.47 Å². The summed E-state index contributed by atoms with van der Waals surface area (Å²) in [5.41, 5.74) is 1.19. The average molecular weight is 256 g/mol. The third-order valence-corrected chi connectivity index (χ3v) is 3.58. The van der Waals surface area contributed by atoms with E-state index in [1.54, 1.807) is 7.11 Å². The predicted molar refractivity (Wildman–Crippen MR) is 68.7 cm³/mol. The van der Waals surface area contributed by atoms with E-state index in [-0.39, 0.29) is 0 Å². The first-order chi connectivity index (χ1) is 8.26. The van der Waals surface area contributed by atoms with Crippen LogP contribution in [-0.2, 0) is 4.74 Å². The molecule has 4 heteroatoms. The summed E-state index contributed by atoms with van der Waals surface area (Å²) < 4.78 is 10.6. The zero-order chi connectivity index (χ0) is 12.3. The number of ether oxygens (including phenoxy) is 2. The van der Waals surface area contributed by atoms with Gasteiger partial charge in [0, 0.05) is 18.6 Å². The lowest BCUT2D eigenvalue weighted by Gasteiger charge is -2.22. The molecule has 1 aliphatic rings. The summed E-state index contributed by atoms with van der Waals surface area (Å²) in [5, 5.41) is 4.00. The fourth-order valence-electron chi connectivity index (χ4n) is 2.37. The molecule has 0 radical (unpaired) electrons. The van der Waals surface area contributed by atoms with Gasteiger partial charge in [-0.3, -0.25) is 0 Å². The first-order valence-corrected chi connectivity index (χ1v) is 6.22. The molecule has 3 nitrogen and oxygen atoms in total. The van der Waals surface area contributed by atoms with Crippen molar-refractivity contribution in [2.45, 2.75) is 12.5 Å². The molecule has 0 bridgehead atoms. The van der Waals surface area contributed by atoms with E-state index in [1.807, 2.05) is 19.2 Å². The van der Waals surface area contributed by atoms with Crippen LogP contribution in [0, 0.1) is 5.92 Å². The number of hydrogen-bond acceptors (Lipinski definition) is 3. The number of hydrogen-bond donors (Lipinski definition) is 1. The number of nitrogens with one attached hydrogen (secondary N) is 1. The lowest BCUT2D eigenvalue weighted by Crippen LogP contribution is -2.25. The second kappa shape index (κ2) is 5.71. The first kappa shape index (κ1) is 12.7. The van der Waals surface area contributed by atoms with E-state index in [0.29, 0.717) is 22.7 Å². The molecule has 0 spiro atoms. The number of benzene rings is 1. The van der Waals surface area contributed by atoms with Gasteiger partial charge in [0.25, 0.3) is 0 Å². The van der Waals surface area contributed by atoms with Crippen LogP contribution in [0.1, 0.15) is 18.0 Å². The van der Waals surface area contributed by atoms with Gasteiger partial charge in [0.05, 0.1) is 18.7 Å². The molecular formula is C13H18ClNO2. The Kier molecular flexibility index (Phi) is 4.26. The standard InChI is InChI=1S/C13H18ClNO2/c1-15-13(10-5-6-17-8-10)9-3-4-12(16-2)11(14)7-9/h3-4,7,10,13,15H,5-6,8H2,1-2H3. The van der Waals surface area contributed by atoms with Crippen LogP contribution in [0.3, 0.4) is 0 Å². The topological polar surface area (TPSA) is 30.5 Å². The van der Waals surface area contributed by atoms with Crippen LogP contribution in [-0.4, -0.2) is 27.4 Å². The van der Waals surface area contributed by atoms with E-state index in [2.05, 4.69) is 11.4 Å². The van der Waals surface area contributed by atoms with Gasteiger partial charge in [-0.05, 0) is 31.2 Å². The minimum atomic E-state index is 0.293. The van der Waals surface area contributed by atoms with E-state index in [4.69, 9.17) is 21.1 Å². The van der Waals surface area contributed by atoms with Gasteiger partial charge in [-0.15, -0.1) is 0 Å². The van der Waals surface area contributed by atoms with E-state index < -0.39 is 0 Å². The SMILES string of the molecule is CNC(c1ccc(OC)c(Cl)c1)C1CCOC1. The summed E-state index contributed by atoms with van der Waals surface area (Å²) >= 11 is 6.15. The van der Waals surface area contributed by atoms with Crippen LogP contribution in [0.15, 0.2) is 18.2 Å². The molecule has 2 unspecified atom stereocenters. The quantitative estimate of drug-likeness (QED) is 0.897. The van der Waals surface area contributed by atoms with Gasteiger partial charge < -0.3 is 14.8 Å². The summed E-state index contributed by atoms with van der Waals surface area (Å²) in [6.07, 6.45) is 1.09. The molecule has 1 saturated heterocycles. The Morgan fingerprint density at radius 2 is 2.35 bits per heavy atom. The van der Waals surface area contributed by atoms with Crippen LogP contribution in [0.5, 0.6) is 5.75 Å². The van der Waals surface area contributed by atoms with Gasteiger partial charge in [0.1, 0.15) is 5.75 Å². The van der Waals surface area contributed by atoms with Gasteiger partial charge in [0.2, 0.25) is 0 Å². The van der Waals surface area contributed by atoms with E-state index in [0.717, 1.165) is 19.6 Å². The predicted octanol–water partition coefficient (Wildman–Crippen LogP) is 2.65. The summed E-state index contributed by atoms with van der Waals surface area (Å²) in [6, 6.07) is 6.24. The molecule has 1 N–H and O–H groups in total. The minimum absolute atomic E-state index is 0.293. The summed E-state index contributed by atoms with van der Waals surface area (Å²) in [7, 11) is 3.60. The largest absolute Gasteiger partial charge is 0.495 e. The number of halogens is 1. The maximum Gasteiger partial charge on any atom is 0.137 e.